The number of rotatable bonds is 5. The minimum atomic E-state index is -0.341. The molecular weight excluding hydrogens is 284 g/mol. The summed E-state index contributed by atoms with van der Waals surface area (Å²) < 4.78 is 1.55. The molecule has 3 rings (SSSR count). The standard InChI is InChI=1S/C15H20N4O3/c1-3-9(7-20)16-14(21)10-6-11(8-4-5-8)17-13-12(10)15(22)18-19(13)2/h6,8-9,20H,3-5,7H2,1-2H3,(H,16,21)(H,18,22). The summed E-state index contributed by atoms with van der Waals surface area (Å²) >= 11 is 0. The molecule has 3 N–H and O–H groups in total. The lowest BCUT2D eigenvalue weighted by molar-refractivity contribution is 0.0916. The quantitative estimate of drug-likeness (QED) is 0.754. The van der Waals surface area contributed by atoms with Crippen LogP contribution in [0.3, 0.4) is 0 Å². The van der Waals surface area contributed by atoms with E-state index in [4.69, 9.17) is 0 Å². The Morgan fingerprint density at radius 1 is 1.59 bits per heavy atom. The number of hydrogen-bond acceptors (Lipinski definition) is 4. The lowest BCUT2D eigenvalue weighted by atomic mass is 10.1. The van der Waals surface area contributed by atoms with Gasteiger partial charge in [-0.2, -0.15) is 0 Å². The highest BCUT2D eigenvalue weighted by Crippen LogP contribution is 2.39. The van der Waals surface area contributed by atoms with Gasteiger partial charge >= 0.3 is 0 Å². The number of hydrogen-bond donors (Lipinski definition) is 3. The minimum Gasteiger partial charge on any atom is -0.394 e. The third-order valence-electron chi connectivity index (χ3n) is 4.12. The molecule has 7 nitrogen and oxygen atoms in total. The number of amides is 1. The van der Waals surface area contributed by atoms with Crippen LogP contribution in [0.25, 0.3) is 11.0 Å². The first-order chi connectivity index (χ1) is 10.5. The van der Waals surface area contributed by atoms with E-state index in [2.05, 4.69) is 15.4 Å². The van der Waals surface area contributed by atoms with Crippen LogP contribution in [-0.4, -0.2) is 38.4 Å². The van der Waals surface area contributed by atoms with E-state index in [1.54, 1.807) is 17.8 Å². The number of aliphatic hydroxyl groups excluding tert-OH is 1. The van der Waals surface area contributed by atoms with Gasteiger partial charge in [0.2, 0.25) is 0 Å². The van der Waals surface area contributed by atoms with Crippen LogP contribution in [0, 0.1) is 0 Å². The van der Waals surface area contributed by atoms with Crippen molar-refractivity contribution in [1.29, 1.82) is 0 Å². The van der Waals surface area contributed by atoms with Crippen LogP contribution in [0.1, 0.15) is 48.2 Å². The van der Waals surface area contributed by atoms with E-state index in [-0.39, 0.29) is 24.1 Å². The van der Waals surface area contributed by atoms with E-state index in [0.717, 1.165) is 18.5 Å². The van der Waals surface area contributed by atoms with Gasteiger partial charge < -0.3 is 10.4 Å². The molecule has 1 aliphatic carbocycles. The fourth-order valence-electron chi connectivity index (χ4n) is 2.59. The average Bonchev–Trinajstić information content (AvgIpc) is 3.31. The second-order valence-electron chi connectivity index (χ2n) is 5.83. The molecule has 1 saturated carbocycles. The maximum absolute atomic E-state index is 12.5. The largest absolute Gasteiger partial charge is 0.394 e. The van der Waals surface area contributed by atoms with Crippen molar-refractivity contribution in [2.24, 2.45) is 7.05 Å². The summed E-state index contributed by atoms with van der Waals surface area (Å²) in [7, 11) is 1.71. The second kappa shape index (κ2) is 5.57. The molecule has 1 atom stereocenters. The maximum atomic E-state index is 12.5. The molecule has 0 aliphatic heterocycles. The molecule has 0 saturated heterocycles. The molecule has 22 heavy (non-hydrogen) atoms. The number of aromatic amines is 1. The predicted molar refractivity (Wildman–Crippen MR) is 81.9 cm³/mol. The smallest absolute Gasteiger partial charge is 0.274 e. The lowest BCUT2D eigenvalue weighted by Gasteiger charge is -2.14. The number of H-pyrrole nitrogens is 1. The molecule has 118 valence electrons. The predicted octanol–water partition coefficient (Wildman–Crippen LogP) is 0.640. The topological polar surface area (TPSA) is 100 Å². The summed E-state index contributed by atoms with van der Waals surface area (Å²) in [4.78, 5) is 29.2. The first-order valence-corrected chi connectivity index (χ1v) is 7.56. The van der Waals surface area contributed by atoms with E-state index in [9.17, 15) is 14.7 Å². The zero-order valence-corrected chi connectivity index (χ0v) is 12.7. The molecule has 1 fully saturated rings. The van der Waals surface area contributed by atoms with Gasteiger partial charge in [0.05, 0.1) is 23.6 Å². The van der Waals surface area contributed by atoms with Crippen LogP contribution in [0.15, 0.2) is 10.9 Å². The molecule has 0 aromatic carbocycles. The molecule has 1 amide bonds. The summed E-state index contributed by atoms with van der Waals surface area (Å²) in [5.41, 5.74) is 1.36. The minimum absolute atomic E-state index is 0.128. The Morgan fingerprint density at radius 3 is 2.91 bits per heavy atom. The van der Waals surface area contributed by atoms with Gasteiger partial charge in [0, 0.05) is 18.7 Å². The molecule has 0 spiro atoms. The van der Waals surface area contributed by atoms with E-state index in [1.165, 1.54) is 0 Å². The molecular formula is C15H20N4O3. The number of aliphatic hydroxyl groups is 1. The first-order valence-electron chi connectivity index (χ1n) is 7.56. The van der Waals surface area contributed by atoms with E-state index >= 15 is 0 Å². The van der Waals surface area contributed by atoms with Gasteiger partial charge in [-0.05, 0) is 25.3 Å². The average molecular weight is 304 g/mol. The second-order valence-corrected chi connectivity index (χ2v) is 5.83. The number of nitrogens with one attached hydrogen (secondary N) is 2. The maximum Gasteiger partial charge on any atom is 0.274 e. The number of nitrogens with zero attached hydrogens (tertiary/aromatic N) is 2. The lowest BCUT2D eigenvalue weighted by Crippen LogP contribution is -2.37. The van der Waals surface area contributed by atoms with Crippen LogP contribution in [0.4, 0.5) is 0 Å². The van der Waals surface area contributed by atoms with Gasteiger partial charge in [0.15, 0.2) is 5.65 Å². The summed E-state index contributed by atoms with van der Waals surface area (Å²) in [6.07, 6.45) is 2.75. The van der Waals surface area contributed by atoms with Crippen LogP contribution >= 0.6 is 0 Å². The van der Waals surface area contributed by atoms with Gasteiger partial charge in [-0.3, -0.25) is 19.4 Å². The van der Waals surface area contributed by atoms with Crippen molar-refractivity contribution in [3.05, 3.63) is 27.7 Å². The van der Waals surface area contributed by atoms with Crippen LogP contribution < -0.4 is 10.9 Å². The van der Waals surface area contributed by atoms with Crippen molar-refractivity contribution in [3.63, 3.8) is 0 Å². The van der Waals surface area contributed by atoms with Crippen molar-refractivity contribution in [1.82, 2.24) is 20.1 Å². The Labute approximate surface area is 127 Å². The van der Waals surface area contributed by atoms with Gasteiger partial charge in [0.1, 0.15) is 0 Å². The zero-order chi connectivity index (χ0) is 15.9. The molecule has 2 aromatic rings. The van der Waals surface area contributed by atoms with Crippen molar-refractivity contribution in [2.45, 2.75) is 38.1 Å². The molecule has 7 heteroatoms. The van der Waals surface area contributed by atoms with Crippen molar-refractivity contribution in [2.75, 3.05) is 6.61 Å². The zero-order valence-electron chi connectivity index (χ0n) is 12.7. The van der Waals surface area contributed by atoms with E-state index in [1.807, 2.05) is 6.92 Å². The van der Waals surface area contributed by atoms with Gasteiger partial charge in [-0.15, -0.1) is 0 Å². The highest BCUT2D eigenvalue weighted by Gasteiger charge is 2.28. The van der Waals surface area contributed by atoms with Crippen LogP contribution in [-0.2, 0) is 7.05 Å². The van der Waals surface area contributed by atoms with Crippen molar-refractivity contribution in [3.8, 4) is 0 Å². The van der Waals surface area contributed by atoms with Crippen LogP contribution in [0.2, 0.25) is 0 Å². The molecule has 0 bridgehead atoms. The Morgan fingerprint density at radius 2 is 2.32 bits per heavy atom. The monoisotopic (exact) mass is 304 g/mol. The Kier molecular flexibility index (Phi) is 3.74. The highest BCUT2D eigenvalue weighted by atomic mass is 16.3. The molecule has 2 aromatic heterocycles. The van der Waals surface area contributed by atoms with E-state index in [0.29, 0.717) is 28.9 Å². The normalized spacial score (nSPS) is 16.0. The van der Waals surface area contributed by atoms with Crippen molar-refractivity contribution < 1.29 is 9.90 Å². The molecule has 2 heterocycles. The Balaban J connectivity index is 2.10. The summed E-state index contributed by atoms with van der Waals surface area (Å²) in [6.45, 7) is 1.76. The Bertz CT molecular complexity index is 769. The number of fused-ring (bicyclic) bond motifs is 1. The summed E-state index contributed by atoms with van der Waals surface area (Å²) in [6, 6.07) is 1.40. The number of pyridine rings is 1. The number of carbonyl (C=O) groups excluding carboxylic acids is 1. The third kappa shape index (κ3) is 2.52. The van der Waals surface area contributed by atoms with Gasteiger partial charge in [0.25, 0.3) is 11.5 Å². The van der Waals surface area contributed by atoms with Crippen LogP contribution in [0.5, 0.6) is 0 Å². The summed E-state index contributed by atoms with van der Waals surface area (Å²) in [5.74, 6) is 0.0349. The highest BCUT2D eigenvalue weighted by molar-refractivity contribution is 6.05. The fourth-order valence-corrected chi connectivity index (χ4v) is 2.59. The summed E-state index contributed by atoms with van der Waals surface area (Å²) in [5, 5.41) is 15.0. The third-order valence-corrected chi connectivity index (χ3v) is 4.12. The molecule has 0 radical (unpaired) electrons. The number of aromatic nitrogens is 3. The molecule has 1 aliphatic rings. The van der Waals surface area contributed by atoms with Gasteiger partial charge in [-0.25, -0.2) is 4.98 Å². The first kappa shape index (κ1) is 14.8. The Hall–Kier alpha value is -2.15. The van der Waals surface area contributed by atoms with Gasteiger partial charge in [-0.1, -0.05) is 6.92 Å². The molecule has 1 unspecified atom stereocenters. The number of aryl methyl sites for hydroxylation is 1. The van der Waals surface area contributed by atoms with Crippen molar-refractivity contribution >= 4 is 16.9 Å². The fraction of sp³-hybridized carbons (Fsp3) is 0.533. The van der Waals surface area contributed by atoms with E-state index < -0.39 is 0 Å². The SMILES string of the molecule is CCC(CO)NC(=O)c1cc(C2CC2)nc2c1c(=O)[nH]n2C. The number of carbonyl (C=O) groups is 1.